The van der Waals surface area contributed by atoms with E-state index in [1.807, 2.05) is 4.83 Å². The molecule has 0 aliphatic rings. The third-order valence-corrected chi connectivity index (χ3v) is 5.58. The van der Waals surface area contributed by atoms with Gasteiger partial charge in [0.2, 0.25) is 11.6 Å². The highest BCUT2D eigenvalue weighted by Gasteiger charge is 2.25. The number of hydrogen-bond acceptors (Lipinski definition) is 8. The number of rotatable bonds is 7. The average molecular weight is 497 g/mol. The van der Waals surface area contributed by atoms with Crippen LogP contribution in [-0.2, 0) is 10.0 Å². The van der Waals surface area contributed by atoms with E-state index in [9.17, 15) is 22.9 Å². The van der Waals surface area contributed by atoms with E-state index in [1.165, 1.54) is 30.3 Å². The second-order valence-electron chi connectivity index (χ2n) is 5.97. The van der Waals surface area contributed by atoms with E-state index < -0.39 is 32.3 Å². The van der Waals surface area contributed by atoms with Gasteiger partial charge < -0.3 is 5.32 Å². The van der Waals surface area contributed by atoms with Crippen molar-refractivity contribution in [1.29, 1.82) is 0 Å². The van der Waals surface area contributed by atoms with Crippen molar-refractivity contribution < 1.29 is 17.7 Å². The minimum Gasteiger partial charge on any atom is -0.332 e. The van der Waals surface area contributed by atoms with Crippen LogP contribution in [0.4, 0.5) is 27.4 Å². The van der Waals surface area contributed by atoms with Gasteiger partial charge in [0.1, 0.15) is 12.1 Å². The second-order valence-corrected chi connectivity index (χ2v) is 8.57. The van der Waals surface area contributed by atoms with E-state index in [0.29, 0.717) is 4.47 Å². The number of aryl methyl sites for hydroxylation is 1. The minimum atomic E-state index is -4.03. The summed E-state index contributed by atoms with van der Waals surface area (Å²) in [7, 11) is -4.03. The van der Waals surface area contributed by atoms with Crippen molar-refractivity contribution in [2.24, 2.45) is 0 Å². The molecule has 0 aliphatic carbocycles. The summed E-state index contributed by atoms with van der Waals surface area (Å²) in [5.41, 5.74) is 2.35. The first-order chi connectivity index (χ1) is 14.2. The van der Waals surface area contributed by atoms with Gasteiger partial charge in [0.25, 0.3) is 10.0 Å². The van der Waals surface area contributed by atoms with E-state index in [-0.39, 0.29) is 16.4 Å². The van der Waals surface area contributed by atoms with Crippen LogP contribution < -0.4 is 15.6 Å². The molecule has 0 radical (unpaired) electrons. The van der Waals surface area contributed by atoms with Crippen LogP contribution in [-0.4, -0.2) is 23.3 Å². The number of nitrogens with one attached hydrogen (secondary N) is 3. The quantitative estimate of drug-likeness (QED) is 0.332. The normalized spacial score (nSPS) is 11.2. The molecule has 0 amide bonds. The van der Waals surface area contributed by atoms with E-state index in [1.54, 1.807) is 19.1 Å². The molecule has 0 atom stereocenters. The predicted octanol–water partition coefficient (Wildman–Crippen LogP) is 3.64. The zero-order valence-electron chi connectivity index (χ0n) is 15.3. The van der Waals surface area contributed by atoms with Gasteiger partial charge in [-0.1, -0.05) is 33.6 Å². The molecule has 0 unspecified atom stereocenters. The molecule has 1 aromatic heterocycles. The van der Waals surface area contributed by atoms with Crippen LogP contribution in [0.2, 0.25) is 0 Å². The summed E-state index contributed by atoms with van der Waals surface area (Å²) in [6, 6.07) is 10.1. The first-order valence-electron chi connectivity index (χ1n) is 8.23. The lowest BCUT2D eigenvalue weighted by Gasteiger charge is -2.12. The van der Waals surface area contributed by atoms with Crippen molar-refractivity contribution in [3.63, 3.8) is 0 Å². The van der Waals surface area contributed by atoms with Gasteiger partial charge in [-0.3, -0.25) is 15.5 Å². The Kier molecular flexibility index (Phi) is 6.24. The standard InChI is InChI=1S/C17H14BrFN6O4S/c1-10-2-5-12(6-3-10)30(28,29)24-23-17-15(25(26)27)16(20-9-21-17)22-14-7-4-11(18)8-13(14)19/h2-9,24H,1H3,(H2,20,21,22,23). The van der Waals surface area contributed by atoms with Crippen LogP contribution in [0.25, 0.3) is 0 Å². The van der Waals surface area contributed by atoms with Crippen molar-refractivity contribution in [1.82, 2.24) is 14.8 Å². The zero-order chi connectivity index (χ0) is 21.9. The Balaban J connectivity index is 1.89. The molecule has 13 heteroatoms. The van der Waals surface area contributed by atoms with Crippen molar-refractivity contribution in [2.75, 3.05) is 10.7 Å². The Morgan fingerprint density at radius 3 is 2.40 bits per heavy atom. The minimum absolute atomic E-state index is 0.0485. The number of nitrogens with zero attached hydrogens (tertiary/aromatic N) is 3. The van der Waals surface area contributed by atoms with Crippen molar-refractivity contribution in [3.8, 4) is 0 Å². The molecule has 2 aromatic carbocycles. The highest BCUT2D eigenvalue weighted by atomic mass is 79.9. The first-order valence-corrected chi connectivity index (χ1v) is 10.5. The molecule has 0 fully saturated rings. The maximum atomic E-state index is 14.1. The maximum absolute atomic E-state index is 14.1. The Labute approximate surface area is 178 Å². The summed E-state index contributed by atoms with van der Waals surface area (Å²) in [4.78, 5) is 20.2. The summed E-state index contributed by atoms with van der Waals surface area (Å²) in [5, 5.41) is 14.1. The molecule has 0 aliphatic heterocycles. The topological polar surface area (TPSA) is 139 Å². The molecule has 10 nitrogen and oxygen atoms in total. The van der Waals surface area contributed by atoms with Gasteiger partial charge in [-0.05, 0) is 37.3 Å². The highest BCUT2D eigenvalue weighted by Crippen LogP contribution is 2.32. The molecular weight excluding hydrogens is 483 g/mol. The fraction of sp³-hybridized carbons (Fsp3) is 0.0588. The molecule has 3 aromatic rings. The van der Waals surface area contributed by atoms with Crippen LogP contribution in [0, 0.1) is 22.9 Å². The van der Waals surface area contributed by atoms with Gasteiger partial charge >= 0.3 is 5.69 Å². The molecule has 156 valence electrons. The van der Waals surface area contributed by atoms with E-state index in [2.05, 4.69) is 36.6 Å². The number of halogens is 2. The fourth-order valence-corrected chi connectivity index (χ4v) is 3.52. The molecule has 1 heterocycles. The summed E-state index contributed by atoms with van der Waals surface area (Å²) in [5.74, 6) is -1.43. The maximum Gasteiger partial charge on any atom is 0.354 e. The average Bonchev–Trinajstić information content (AvgIpc) is 2.69. The molecule has 3 rings (SSSR count). The number of anilines is 3. The van der Waals surface area contributed by atoms with Gasteiger partial charge in [0.05, 0.1) is 15.5 Å². The Hall–Kier alpha value is -3.16. The zero-order valence-corrected chi connectivity index (χ0v) is 17.7. The first kappa shape index (κ1) is 21.5. The lowest BCUT2D eigenvalue weighted by molar-refractivity contribution is -0.383. The van der Waals surface area contributed by atoms with E-state index in [0.717, 1.165) is 11.9 Å². The molecule has 0 bridgehead atoms. The molecule has 3 N–H and O–H groups in total. The van der Waals surface area contributed by atoms with Crippen molar-refractivity contribution in [2.45, 2.75) is 11.8 Å². The van der Waals surface area contributed by atoms with Crippen LogP contribution in [0.1, 0.15) is 5.56 Å². The largest absolute Gasteiger partial charge is 0.354 e. The monoisotopic (exact) mass is 496 g/mol. The van der Waals surface area contributed by atoms with Crippen LogP contribution in [0.5, 0.6) is 0 Å². The molecular formula is C17H14BrFN6O4S. The number of benzene rings is 2. The lowest BCUT2D eigenvalue weighted by atomic mass is 10.2. The molecule has 30 heavy (non-hydrogen) atoms. The van der Waals surface area contributed by atoms with E-state index >= 15 is 0 Å². The lowest BCUT2D eigenvalue weighted by Crippen LogP contribution is -2.30. The Bertz CT molecular complexity index is 1210. The third-order valence-electron chi connectivity index (χ3n) is 3.82. The van der Waals surface area contributed by atoms with Crippen LogP contribution in [0.15, 0.2) is 58.2 Å². The fourth-order valence-electron chi connectivity index (χ4n) is 2.34. The number of sulfonamides is 1. The second kappa shape index (κ2) is 8.69. The van der Waals surface area contributed by atoms with E-state index in [4.69, 9.17) is 0 Å². The number of aromatic nitrogens is 2. The van der Waals surface area contributed by atoms with Crippen molar-refractivity contribution in [3.05, 3.63) is 74.8 Å². The molecule has 0 saturated carbocycles. The highest BCUT2D eigenvalue weighted by molar-refractivity contribution is 9.10. The van der Waals surface area contributed by atoms with Gasteiger partial charge in [-0.15, -0.1) is 4.83 Å². The predicted molar refractivity (Wildman–Crippen MR) is 111 cm³/mol. The van der Waals surface area contributed by atoms with Gasteiger partial charge in [0.15, 0.2) is 0 Å². The Morgan fingerprint density at radius 1 is 1.10 bits per heavy atom. The summed E-state index contributed by atoms with van der Waals surface area (Å²) in [6.07, 6.45) is 0.967. The Morgan fingerprint density at radius 2 is 1.77 bits per heavy atom. The summed E-state index contributed by atoms with van der Waals surface area (Å²) in [6.45, 7) is 1.80. The SMILES string of the molecule is Cc1ccc(S(=O)(=O)NNc2ncnc(Nc3ccc(Br)cc3F)c2[N+](=O)[O-])cc1. The van der Waals surface area contributed by atoms with Crippen LogP contribution >= 0.6 is 15.9 Å². The molecule has 0 saturated heterocycles. The number of hydrogen-bond donors (Lipinski definition) is 3. The van der Waals surface area contributed by atoms with Gasteiger partial charge in [-0.2, -0.15) is 0 Å². The van der Waals surface area contributed by atoms with Crippen LogP contribution in [0.3, 0.4) is 0 Å². The summed E-state index contributed by atoms with van der Waals surface area (Å²) < 4.78 is 39.3. The van der Waals surface area contributed by atoms with Gasteiger partial charge in [-0.25, -0.2) is 22.8 Å². The number of nitro groups is 1. The smallest absolute Gasteiger partial charge is 0.332 e. The van der Waals surface area contributed by atoms with Crippen molar-refractivity contribution >= 4 is 49.0 Å². The third kappa shape index (κ3) is 4.87. The van der Waals surface area contributed by atoms with Gasteiger partial charge in [0, 0.05) is 4.47 Å². The molecule has 0 spiro atoms. The number of hydrazine groups is 1. The summed E-state index contributed by atoms with van der Waals surface area (Å²) >= 11 is 3.12.